The highest BCUT2D eigenvalue weighted by atomic mass is 35.5. The van der Waals surface area contributed by atoms with Gasteiger partial charge in [0, 0.05) is 0 Å². The molecule has 0 spiro atoms. The van der Waals surface area contributed by atoms with Crippen molar-refractivity contribution in [1.29, 1.82) is 0 Å². The van der Waals surface area contributed by atoms with E-state index in [1.807, 2.05) is 31.2 Å². The second-order valence-corrected chi connectivity index (χ2v) is 5.24. The summed E-state index contributed by atoms with van der Waals surface area (Å²) in [4.78, 5) is 0. The lowest BCUT2D eigenvalue weighted by Gasteiger charge is -2.13. The third-order valence-corrected chi connectivity index (χ3v) is 3.54. The molecule has 1 atom stereocenters. The lowest BCUT2D eigenvalue weighted by Crippen LogP contribution is -2.17. The molecule has 1 nitrogen and oxygen atoms in total. The number of aryl methyl sites for hydroxylation is 1. The van der Waals surface area contributed by atoms with E-state index in [0.717, 1.165) is 16.7 Å². The van der Waals surface area contributed by atoms with Crippen molar-refractivity contribution < 1.29 is 17.9 Å². The second-order valence-electron chi connectivity index (χ2n) is 4.71. The predicted octanol–water partition coefficient (Wildman–Crippen LogP) is 5.42. The Labute approximate surface area is 126 Å². The van der Waals surface area contributed by atoms with Gasteiger partial charge in [0.2, 0.25) is 0 Å². The van der Waals surface area contributed by atoms with Crippen LogP contribution in [0.3, 0.4) is 0 Å². The topological polar surface area (TPSA) is 9.23 Å². The zero-order valence-electron chi connectivity index (χ0n) is 11.3. The minimum atomic E-state index is -4.68. The largest absolute Gasteiger partial charge is 0.573 e. The predicted molar refractivity (Wildman–Crippen MR) is 76.6 cm³/mol. The summed E-state index contributed by atoms with van der Waals surface area (Å²) < 4.78 is 40.1. The first-order valence-corrected chi connectivity index (χ1v) is 6.83. The highest BCUT2D eigenvalue weighted by molar-refractivity contribution is 6.20. The molecule has 0 aliphatic heterocycles. The van der Waals surface area contributed by atoms with Crippen LogP contribution in [0.1, 0.15) is 22.1 Å². The number of hydrogen-bond donors (Lipinski definition) is 0. The van der Waals surface area contributed by atoms with Gasteiger partial charge < -0.3 is 4.74 Å². The molecule has 21 heavy (non-hydrogen) atoms. The van der Waals surface area contributed by atoms with E-state index in [4.69, 9.17) is 11.6 Å². The van der Waals surface area contributed by atoms with E-state index in [-0.39, 0.29) is 11.1 Å². The van der Waals surface area contributed by atoms with E-state index >= 15 is 0 Å². The summed E-state index contributed by atoms with van der Waals surface area (Å²) in [5, 5.41) is -0.300. The molecule has 0 radical (unpaired) electrons. The number of hydrogen-bond acceptors (Lipinski definition) is 1. The summed E-state index contributed by atoms with van der Waals surface area (Å²) >= 11 is 6.34. The van der Waals surface area contributed by atoms with Crippen LogP contribution in [0.25, 0.3) is 0 Å². The maximum absolute atomic E-state index is 12.1. The molecule has 2 aromatic rings. The van der Waals surface area contributed by atoms with E-state index in [1.54, 1.807) is 12.1 Å². The van der Waals surface area contributed by atoms with E-state index in [1.165, 1.54) is 12.1 Å². The molecule has 2 aromatic carbocycles. The molecule has 112 valence electrons. The van der Waals surface area contributed by atoms with Gasteiger partial charge in [-0.25, -0.2) is 0 Å². The fraction of sp³-hybridized carbons (Fsp3) is 0.250. The van der Waals surface area contributed by atoms with Gasteiger partial charge in [0.05, 0.1) is 5.38 Å². The fourth-order valence-corrected chi connectivity index (χ4v) is 2.34. The molecule has 2 rings (SSSR count). The average molecular weight is 315 g/mol. The molecule has 0 amide bonds. The van der Waals surface area contributed by atoms with E-state index in [2.05, 4.69) is 4.74 Å². The second kappa shape index (κ2) is 6.39. The van der Waals surface area contributed by atoms with Gasteiger partial charge in [-0.1, -0.05) is 36.4 Å². The molecule has 0 N–H and O–H groups in total. The van der Waals surface area contributed by atoms with Crippen LogP contribution in [0.2, 0.25) is 0 Å². The molecule has 5 heteroatoms. The van der Waals surface area contributed by atoms with E-state index < -0.39 is 6.36 Å². The number of rotatable bonds is 4. The zero-order valence-corrected chi connectivity index (χ0v) is 12.1. The monoisotopic (exact) mass is 314 g/mol. The van der Waals surface area contributed by atoms with Gasteiger partial charge in [-0.15, -0.1) is 24.8 Å². The smallest absolute Gasteiger partial charge is 0.406 e. The van der Waals surface area contributed by atoms with Crippen LogP contribution in [-0.4, -0.2) is 6.36 Å². The van der Waals surface area contributed by atoms with Crippen LogP contribution < -0.4 is 4.74 Å². The Balaban J connectivity index is 2.06. The summed E-state index contributed by atoms with van der Waals surface area (Å²) in [5.41, 5.74) is 3.02. The molecule has 0 saturated heterocycles. The number of benzene rings is 2. The first-order chi connectivity index (χ1) is 9.85. The van der Waals surface area contributed by atoms with E-state index in [9.17, 15) is 13.2 Å². The van der Waals surface area contributed by atoms with Gasteiger partial charge in [-0.05, 0) is 42.2 Å². The lowest BCUT2D eigenvalue weighted by molar-refractivity contribution is -0.274. The van der Waals surface area contributed by atoms with Crippen molar-refractivity contribution in [1.82, 2.24) is 0 Å². The number of halogens is 4. The van der Waals surface area contributed by atoms with Crippen LogP contribution >= 0.6 is 11.6 Å². The van der Waals surface area contributed by atoms with Gasteiger partial charge in [-0.2, -0.15) is 0 Å². The van der Waals surface area contributed by atoms with E-state index in [0.29, 0.717) is 6.42 Å². The molecule has 0 aliphatic carbocycles. The molecular formula is C16H14ClF3O. The van der Waals surface area contributed by atoms with Crippen molar-refractivity contribution in [2.24, 2.45) is 0 Å². The summed E-state index contributed by atoms with van der Waals surface area (Å²) in [6.45, 7) is 2.00. The maximum atomic E-state index is 12.1. The summed E-state index contributed by atoms with van der Waals surface area (Å²) in [7, 11) is 0. The molecule has 0 fully saturated rings. The average Bonchev–Trinajstić information content (AvgIpc) is 2.40. The highest BCUT2D eigenvalue weighted by Gasteiger charge is 2.31. The van der Waals surface area contributed by atoms with Crippen molar-refractivity contribution in [3.05, 3.63) is 65.2 Å². The molecule has 0 heterocycles. The Hall–Kier alpha value is -1.68. The normalized spacial score (nSPS) is 13.0. The van der Waals surface area contributed by atoms with Crippen LogP contribution in [0.5, 0.6) is 5.75 Å². The van der Waals surface area contributed by atoms with Crippen molar-refractivity contribution >= 4 is 11.6 Å². The molecular weight excluding hydrogens is 301 g/mol. The minimum absolute atomic E-state index is 0.244. The van der Waals surface area contributed by atoms with Crippen LogP contribution in [0.15, 0.2) is 48.5 Å². The third kappa shape index (κ3) is 4.67. The van der Waals surface area contributed by atoms with Gasteiger partial charge in [0.15, 0.2) is 0 Å². The quantitative estimate of drug-likeness (QED) is 0.685. The Bertz CT molecular complexity index is 593. The van der Waals surface area contributed by atoms with Crippen molar-refractivity contribution in [2.45, 2.75) is 25.1 Å². The molecule has 1 unspecified atom stereocenters. The van der Waals surface area contributed by atoms with Crippen molar-refractivity contribution in [3.63, 3.8) is 0 Å². The Morgan fingerprint density at radius 1 is 1.05 bits per heavy atom. The van der Waals surface area contributed by atoms with Crippen molar-refractivity contribution in [2.75, 3.05) is 0 Å². The minimum Gasteiger partial charge on any atom is -0.406 e. The van der Waals surface area contributed by atoms with Crippen LogP contribution in [-0.2, 0) is 6.42 Å². The summed E-state index contributed by atoms with van der Waals surface area (Å²) in [6, 6.07) is 13.5. The standard InChI is InChI=1S/C16H14ClF3O/c1-11-4-2-3-5-13(11)10-15(17)12-6-8-14(9-7-12)21-16(18,19)20/h2-9,15H,10H2,1H3. The van der Waals surface area contributed by atoms with Crippen LogP contribution in [0.4, 0.5) is 13.2 Å². The van der Waals surface area contributed by atoms with Gasteiger partial charge in [-0.3, -0.25) is 0 Å². The number of alkyl halides is 4. The molecule has 0 bridgehead atoms. The Kier molecular flexibility index (Phi) is 4.78. The van der Waals surface area contributed by atoms with Gasteiger partial charge in [0.1, 0.15) is 5.75 Å². The third-order valence-electron chi connectivity index (χ3n) is 3.14. The van der Waals surface area contributed by atoms with Gasteiger partial charge in [0.25, 0.3) is 0 Å². The van der Waals surface area contributed by atoms with Gasteiger partial charge >= 0.3 is 6.36 Å². The molecule has 0 saturated carbocycles. The first kappa shape index (κ1) is 15.7. The first-order valence-electron chi connectivity index (χ1n) is 6.39. The summed E-state index contributed by atoms with van der Waals surface area (Å²) in [5.74, 6) is -0.244. The molecule has 0 aliphatic rings. The zero-order chi connectivity index (χ0) is 15.5. The fourth-order valence-electron chi connectivity index (χ4n) is 2.03. The Morgan fingerprint density at radius 2 is 1.67 bits per heavy atom. The Morgan fingerprint density at radius 3 is 2.24 bits per heavy atom. The number of ether oxygens (including phenoxy) is 1. The van der Waals surface area contributed by atoms with Crippen LogP contribution in [0, 0.1) is 6.92 Å². The lowest BCUT2D eigenvalue weighted by atomic mass is 10.0. The highest BCUT2D eigenvalue weighted by Crippen LogP contribution is 2.29. The van der Waals surface area contributed by atoms with Crippen molar-refractivity contribution in [3.8, 4) is 5.75 Å². The molecule has 0 aromatic heterocycles. The maximum Gasteiger partial charge on any atom is 0.573 e. The summed E-state index contributed by atoms with van der Waals surface area (Å²) in [6.07, 6.45) is -4.06. The SMILES string of the molecule is Cc1ccccc1CC(Cl)c1ccc(OC(F)(F)F)cc1.